The van der Waals surface area contributed by atoms with E-state index in [1.165, 1.54) is 0 Å². The van der Waals surface area contributed by atoms with Gasteiger partial charge < -0.3 is 10.1 Å². The van der Waals surface area contributed by atoms with Crippen molar-refractivity contribution in [2.24, 2.45) is 5.92 Å². The Kier molecular flexibility index (Phi) is 6.65. The third kappa shape index (κ3) is 5.80. The van der Waals surface area contributed by atoms with Crippen LogP contribution in [0.25, 0.3) is 0 Å². The zero-order chi connectivity index (χ0) is 15.5. The molecule has 0 radical (unpaired) electrons. The molecule has 5 heteroatoms. The van der Waals surface area contributed by atoms with E-state index < -0.39 is 0 Å². The van der Waals surface area contributed by atoms with E-state index in [-0.39, 0.29) is 11.6 Å². The molecule has 1 rings (SSSR count). The quantitative estimate of drug-likeness (QED) is 0.674. The van der Waals surface area contributed by atoms with Crippen molar-refractivity contribution in [1.82, 2.24) is 5.32 Å². The van der Waals surface area contributed by atoms with Crippen LogP contribution in [0, 0.1) is 5.92 Å². The van der Waals surface area contributed by atoms with Crippen LogP contribution in [0.4, 0.5) is 0 Å². The number of hydrogen-bond acceptors (Lipinski definition) is 2. The summed E-state index contributed by atoms with van der Waals surface area (Å²) in [6, 6.07) is 3.51. The van der Waals surface area contributed by atoms with Crippen LogP contribution in [0.3, 0.4) is 0 Å². The van der Waals surface area contributed by atoms with E-state index in [2.05, 4.69) is 55.9 Å². The second-order valence-electron chi connectivity index (χ2n) is 6.23. The Bertz CT molecular complexity index is 458. The fourth-order valence-corrected chi connectivity index (χ4v) is 2.41. The van der Waals surface area contributed by atoms with Crippen molar-refractivity contribution in [3.63, 3.8) is 0 Å². The van der Waals surface area contributed by atoms with Gasteiger partial charge in [-0.2, -0.15) is 0 Å². The Labute approximate surface area is 140 Å². The van der Waals surface area contributed by atoms with Crippen molar-refractivity contribution in [2.75, 3.05) is 6.54 Å². The molecule has 0 spiro atoms. The first-order chi connectivity index (χ1) is 9.10. The first kappa shape index (κ1) is 18.1. The molecule has 0 aromatic heterocycles. The highest BCUT2D eigenvalue weighted by Gasteiger charge is 2.20. The van der Waals surface area contributed by atoms with Gasteiger partial charge in [0.2, 0.25) is 0 Å². The third-order valence-corrected chi connectivity index (χ3v) is 4.32. The first-order valence-corrected chi connectivity index (χ1v) is 8.21. The summed E-state index contributed by atoms with van der Waals surface area (Å²) in [5, 5.41) is 4.61. The van der Waals surface area contributed by atoms with Crippen LogP contribution >= 0.6 is 39.1 Å². The monoisotopic (exact) mass is 381 g/mol. The number of hydrogen-bond donors (Lipinski definition) is 1. The lowest BCUT2D eigenvalue weighted by Crippen LogP contribution is -2.44. The van der Waals surface area contributed by atoms with Crippen molar-refractivity contribution < 1.29 is 4.74 Å². The molecule has 1 N–H and O–H groups in total. The van der Waals surface area contributed by atoms with Gasteiger partial charge in [-0.05, 0) is 48.7 Å². The number of benzene rings is 1. The zero-order valence-electron chi connectivity index (χ0n) is 12.6. The normalized spacial score (nSPS) is 13.7. The van der Waals surface area contributed by atoms with Gasteiger partial charge in [0, 0.05) is 22.6 Å². The van der Waals surface area contributed by atoms with Crippen molar-refractivity contribution in [2.45, 2.75) is 46.3 Å². The van der Waals surface area contributed by atoms with Gasteiger partial charge in [-0.3, -0.25) is 0 Å². The first-order valence-electron chi connectivity index (χ1n) is 6.66. The van der Waals surface area contributed by atoms with E-state index in [9.17, 15) is 0 Å². The van der Waals surface area contributed by atoms with Crippen LogP contribution in [-0.4, -0.2) is 18.2 Å². The molecule has 0 aliphatic carbocycles. The summed E-state index contributed by atoms with van der Waals surface area (Å²) in [4.78, 5) is 0. The topological polar surface area (TPSA) is 21.3 Å². The third-order valence-electron chi connectivity index (χ3n) is 2.83. The standard InChI is InChI=1S/C15H22BrCl2NO/c1-9(2)14(8-19-15(3,4)5)20-13-7-11(17)10(16)6-12(13)18/h6-7,9,14,19H,8H2,1-5H3. The van der Waals surface area contributed by atoms with E-state index in [1.54, 1.807) is 12.1 Å². The Morgan fingerprint density at radius 3 is 2.30 bits per heavy atom. The summed E-state index contributed by atoms with van der Waals surface area (Å²) in [7, 11) is 0. The molecular weight excluding hydrogens is 361 g/mol. The Morgan fingerprint density at radius 1 is 1.20 bits per heavy atom. The molecule has 1 unspecified atom stereocenters. The summed E-state index contributed by atoms with van der Waals surface area (Å²) < 4.78 is 6.81. The second kappa shape index (κ2) is 7.35. The summed E-state index contributed by atoms with van der Waals surface area (Å²) >= 11 is 15.7. The van der Waals surface area contributed by atoms with E-state index in [4.69, 9.17) is 27.9 Å². The molecule has 114 valence electrons. The van der Waals surface area contributed by atoms with Gasteiger partial charge in [0.1, 0.15) is 11.9 Å². The molecule has 0 aliphatic rings. The SMILES string of the molecule is CC(C)C(CNC(C)(C)C)Oc1cc(Cl)c(Br)cc1Cl. The highest BCUT2D eigenvalue weighted by Crippen LogP contribution is 2.35. The highest BCUT2D eigenvalue weighted by atomic mass is 79.9. The lowest BCUT2D eigenvalue weighted by molar-refractivity contribution is 0.140. The fourth-order valence-electron chi connectivity index (χ4n) is 1.58. The van der Waals surface area contributed by atoms with E-state index in [0.717, 1.165) is 11.0 Å². The molecule has 0 bridgehead atoms. The summed E-state index contributed by atoms with van der Waals surface area (Å²) in [6.45, 7) is 11.4. The van der Waals surface area contributed by atoms with Gasteiger partial charge >= 0.3 is 0 Å². The predicted octanol–water partition coefficient (Wildman–Crippen LogP) is 5.55. The number of ether oxygens (including phenoxy) is 1. The Balaban J connectivity index is 2.83. The molecule has 0 saturated heterocycles. The largest absolute Gasteiger partial charge is 0.487 e. The number of nitrogens with one attached hydrogen (secondary N) is 1. The molecule has 0 heterocycles. The molecule has 1 aromatic rings. The lowest BCUT2D eigenvalue weighted by Gasteiger charge is -2.28. The van der Waals surface area contributed by atoms with E-state index in [1.807, 2.05) is 0 Å². The highest BCUT2D eigenvalue weighted by molar-refractivity contribution is 9.10. The molecule has 0 fully saturated rings. The molecule has 0 amide bonds. The van der Waals surface area contributed by atoms with Crippen LogP contribution < -0.4 is 10.1 Å². The molecular formula is C15H22BrCl2NO. The molecule has 20 heavy (non-hydrogen) atoms. The van der Waals surface area contributed by atoms with E-state index >= 15 is 0 Å². The van der Waals surface area contributed by atoms with Gasteiger partial charge in [0.15, 0.2) is 0 Å². The second-order valence-corrected chi connectivity index (χ2v) is 7.90. The van der Waals surface area contributed by atoms with E-state index in [0.29, 0.717) is 21.7 Å². The number of halogens is 3. The van der Waals surface area contributed by atoms with Crippen LogP contribution in [0.1, 0.15) is 34.6 Å². The minimum absolute atomic E-state index is 0.0315. The van der Waals surface area contributed by atoms with Crippen LogP contribution in [0.15, 0.2) is 16.6 Å². The van der Waals surface area contributed by atoms with Crippen LogP contribution in [0.5, 0.6) is 5.75 Å². The summed E-state index contributed by atoms with van der Waals surface area (Å²) in [6.07, 6.45) is 0.0315. The van der Waals surface area contributed by atoms with Crippen LogP contribution in [-0.2, 0) is 0 Å². The fraction of sp³-hybridized carbons (Fsp3) is 0.600. The molecule has 2 nitrogen and oxygen atoms in total. The van der Waals surface area contributed by atoms with Gasteiger partial charge in [0.25, 0.3) is 0 Å². The van der Waals surface area contributed by atoms with Gasteiger partial charge in [0.05, 0.1) is 10.0 Å². The lowest BCUT2D eigenvalue weighted by atomic mass is 10.0. The number of rotatable bonds is 5. The average molecular weight is 383 g/mol. The maximum absolute atomic E-state index is 6.21. The Hall–Kier alpha value is 0.0400. The Morgan fingerprint density at radius 2 is 1.80 bits per heavy atom. The molecule has 0 aliphatic heterocycles. The maximum Gasteiger partial charge on any atom is 0.139 e. The summed E-state index contributed by atoms with van der Waals surface area (Å²) in [5.41, 5.74) is 0.0532. The minimum Gasteiger partial charge on any atom is -0.487 e. The van der Waals surface area contributed by atoms with Crippen molar-refractivity contribution in [3.8, 4) is 5.75 Å². The molecule has 0 saturated carbocycles. The molecule has 1 aromatic carbocycles. The van der Waals surface area contributed by atoms with Crippen molar-refractivity contribution >= 4 is 39.1 Å². The smallest absolute Gasteiger partial charge is 0.139 e. The minimum atomic E-state index is 0.0315. The van der Waals surface area contributed by atoms with Crippen molar-refractivity contribution in [1.29, 1.82) is 0 Å². The van der Waals surface area contributed by atoms with Gasteiger partial charge in [-0.15, -0.1) is 0 Å². The van der Waals surface area contributed by atoms with Gasteiger partial charge in [-0.25, -0.2) is 0 Å². The zero-order valence-corrected chi connectivity index (χ0v) is 15.7. The summed E-state index contributed by atoms with van der Waals surface area (Å²) in [5.74, 6) is 0.984. The predicted molar refractivity (Wildman–Crippen MR) is 91.2 cm³/mol. The average Bonchev–Trinajstić information content (AvgIpc) is 2.29. The van der Waals surface area contributed by atoms with Crippen LogP contribution in [0.2, 0.25) is 10.0 Å². The van der Waals surface area contributed by atoms with Crippen molar-refractivity contribution in [3.05, 3.63) is 26.7 Å². The maximum atomic E-state index is 6.21. The van der Waals surface area contributed by atoms with Gasteiger partial charge in [-0.1, -0.05) is 37.0 Å². The molecule has 1 atom stereocenters.